The lowest BCUT2D eigenvalue weighted by Gasteiger charge is -2.28. The van der Waals surface area contributed by atoms with Gasteiger partial charge in [0.05, 0.1) is 17.6 Å². The average Bonchev–Trinajstić information content (AvgIpc) is 3.25. The monoisotopic (exact) mass is 443 g/mol. The number of amides is 1. The predicted octanol–water partition coefficient (Wildman–Crippen LogP) is 4.63. The Morgan fingerprint density at radius 1 is 1.03 bits per heavy atom. The number of carbonyl (C=O) groups is 1. The summed E-state index contributed by atoms with van der Waals surface area (Å²) in [5, 5.41) is 2.94. The molecule has 0 spiro atoms. The summed E-state index contributed by atoms with van der Waals surface area (Å²) < 4.78 is 31.6. The molecule has 2 aromatic carbocycles. The smallest absolute Gasteiger partial charge is 0.242 e. The molecule has 31 heavy (non-hydrogen) atoms. The van der Waals surface area contributed by atoms with Crippen molar-refractivity contribution in [3.05, 3.63) is 64.7 Å². The fourth-order valence-corrected chi connectivity index (χ4v) is 6.31. The fourth-order valence-electron chi connectivity index (χ4n) is 4.13. The summed E-state index contributed by atoms with van der Waals surface area (Å²) >= 11 is 0. The highest BCUT2D eigenvalue weighted by molar-refractivity contribution is 7.93. The van der Waals surface area contributed by atoms with Crippen LogP contribution in [0.3, 0.4) is 0 Å². The third-order valence-corrected chi connectivity index (χ3v) is 8.76. The van der Waals surface area contributed by atoms with E-state index < -0.39 is 20.5 Å². The number of rotatable bonds is 8. The maximum absolute atomic E-state index is 13.6. The van der Waals surface area contributed by atoms with E-state index in [9.17, 15) is 13.2 Å². The van der Waals surface area contributed by atoms with Gasteiger partial charge in [-0.15, -0.1) is 0 Å². The van der Waals surface area contributed by atoms with Gasteiger partial charge < -0.3 is 10.1 Å². The van der Waals surface area contributed by atoms with Gasteiger partial charge in [-0.1, -0.05) is 43.2 Å². The third kappa shape index (κ3) is 4.85. The molecule has 0 heterocycles. The van der Waals surface area contributed by atoms with E-state index >= 15 is 0 Å². The molecule has 1 saturated carbocycles. The van der Waals surface area contributed by atoms with Crippen molar-refractivity contribution >= 4 is 15.7 Å². The first-order valence-corrected chi connectivity index (χ1v) is 12.4. The van der Waals surface area contributed by atoms with Crippen LogP contribution in [-0.2, 0) is 32.5 Å². The molecule has 0 aromatic heterocycles. The molecule has 168 valence electrons. The van der Waals surface area contributed by atoms with Gasteiger partial charge in [-0.2, -0.15) is 0 Å². The highest BCUT2D eigenvalue weighted by Crippen LogP contribution is 2.41. The van der Waals surface area contributed by atoms with E-state index in [0.717, 1.165) is 35.1 Å². The van der Waals surface area contributed by atoms with Gasteiger partial charge in [0.2, 0.25) is 5.91 Å². The first kappa shape index (κ1) is 23.5. The van der Waals surface area contributed by atoms with Crippen molar-refractivity contribution < 1.29 is 17.9 Å². The third-order valence-electron chi connectivity index (χ3n) is 6.26. The van der Waals surface area contributed by atoms with Crippen molar-refractivity contribution in [1.29, 1.82) is 0 Å². The van der Waals surface area contributed by atoms with E-state index in [4.69, 9.17) is 4.74 Å². The number of nitrogens with one attached hydrogen (secondary N) is 1. The van der Waals surface area contributed by atoms with Crippen LogP contribution in [0.15, 0.2) is 47.4 Å². The molecule has 1 aliphatic rings. The van der Waals surface area contributed by atoms with Crippen LogP contribution in [0.4, 0.5) is 0 Å². The summed E-state index contributed by atoms with van der Waals surface area (Å²) in [5.74, 6) is -0.400. The zero-order chi connectivity index (χ0) is 22.6. The molecular formula is C25H33NO4S. The molecule has 0 aliphatic heterocycles. The number of ether oxygens (including phenoxy) is 1. The van der Waals surface area contributed by atoms with Crippen molar-refractivity contribution in [2.24, 2.45) is 0 Å². The molecule has 1 amide bonds. The van der Waals surface area contributed by atoms with Gasteiger partial charge in [0.25, 0.3) is 0 Å². The predicted molar refractivity (Wildman–Crippen MR) is 123 cm³/mol. The SMILES string of the molecule is Cc1ccc(S(=O)(=O)C2(C(=O)NCc3ccccc3COC(C)C)CCCC2)cc1C. The Hall–Kier alpha value is -2.18. The minimum atomic E-state index is -3.81. The van der Waals surface area contributed by atoms with Crippen LogP contribution in [0, 0.1) is 13.8 Å². The number of sulfone groups is 1. The van der Waals surface area contributed by atoms with Gasteiger partial charge in [-0.05, 0) is 74.9 Å². The fraction of sp³-hybridized carbons (Fsp3) is 0.480. The summed E-state index contributed by atoms with van der Waals surface area (Å²) in [7, 11) is -3.81. The minimum absolute atomic E-state index is 0.104. The Bertz CT molecular complexity index is 1040. The topological polar surface area (TPSA) is 72.5 Å². The molecule has 0 radical (unpaired) electrons. The Labute approximate surface area is 186 Å². The van der Waals surface area contributed by atoms with Crippen LogP contribution < -0.4 is 5.32 Å². The van der Waals surface area contributed by atoms with Crippen LogP contribution in [0.1, 0.15) is 61.8 Å². The molecule has 3 rings (SSSR count). The van der Waals surface area contributed by atoms with Crippen LogP contribution in [-0.4, -0.2) is 25.2 Å². The van der Waals surface area contributed by atoms with Crippen LogP contribution >= 0.6 is 0 Å². The first-order chi connectivity index (χ1) is 14.7. The summed E-state index contributed by atoms with van der Waals surface area (Å²) in [6, 6.07) is 12.9. The normalized spacial score (nSPS) is 15.9. The Balaban J connectivity index is 1.84. The largest absolute Gasteiger partial charge is 0.374 e. The van der Waals surface area contributed by atoms with Crippen molar-refractivity contribution in [1.82, 2.24) is 5.32 Å². The van der Waals surface area contributed by atoms with Crippen LogP contribution in [0.2, 0.25) is 0 Å². The summed E-state index contributed by atoms with van der Waals surface area (Å²) in [6.45, 7) is 8.53. The Morgan fingerprint density at radius 2 is 1.68 bits per heavy atom. The maximum Gasteiger partial charge on any atom is 0.242 e. The minimum Gasteiger partial charge on any atom is -0.374 e. The number of hydrogen-bond acceptors (Lipinski definition) is 4. The number of carbonyl (C=O) groups excluding carboxylic acids is 1. The van der Waals surface area contributed by atoms with Crippen molar-refractivity contribution in [2.75, 3.05) is 0 Å². The first-order valence-electron chi connectivity index (χ1n) is 11.0. The molecular weight excluding hydrogens is 410 g/mol. The molecule has 5 nitrogen and oxygen atoms in total. The molecule has 2 aromatic rings. The average molecular weight is 444 g/mol. The second kappa shape index (κ2) is 9.53. The Morgan fingerprint density at radius 3 is 2.29 bits per heavy atom. The van der Waals surface area contributed by atoms with Crippen molar-refractivity contribution in [3.8, 4) is 0 Å². The number of hydrogen-bond donors (Lipinski definition) is 1. The number of aryl methyl sites for hydroxylation is 2. The van der Waals surface area contributed by atoms with Gasteiger partial charge in [0.15, 0.2) is 14.6 Å². The Kier molecular flexibility index (Phi) is 7.22. The lowest BCUT2D eigenvalue weighted by atomic mass is 10.0. The quantitative estimate of drug-likeness (QED) is 0.646. The molecule has 1 N–H and O–H groups in total. The van der Waals surface area contributed by atoms with E-state index in [0.29, 0.717) is 19.4 Å². The van der Waals surface area contributed by atoms with E-state index in [1.54, 1.807) is 12.1 Å². The van der Waals surface area contributed by atoms with Gasteiger partial charge in [0, 0.05) is 6.54 Å². The maximum atomic E-state index is 13.6. The zero-order valence-electron chi connectivity index (χ0n) is 18.9. The lowest BCUT2D eigenvalue weighted by Crippen LogP contribution is -2.50. The molecule has 6 heteroatoms. The van der Waals surface area contributed by atoms with E-state index in [-0.39, 0.29) is 17.5 Å². The summed E-state index contributed by atoms with van der Waals surface area (Å²) in [4.78, 5) is 13.6. The van der Waals surface area contributed by atoms with Crippen molar-refractivity contribution in [2.45, 2.75) is 82.3 Å². The van der Waals surface area contributed by atoms with E-state index in [1.165, 1.54) is 0 Å². The zero-order valence-corrected chi connectivity index (χ0v) is 19.7. The summed E-state index contributed by atoms with van der Waals surface area (Å²) in [6.07, 6.45) is 2.28. The molecule has 0 unspecified atom stereocenters. The highest BCUT2D eigenvalue weighted by Gasteiger charge is 2.52. The standard InChI is InChI=1S/C25H33NO4S/c1-18(2)30-17-22-10-6-5-9-21(22)16-26-24(27)25(13-7-8-14-25)31(28,29)23-12-11-19(3)20(4)15-23/h5-6,9-12,15,18H,7-8,13-14,16-17H2,1-4H3,(H,26,27). The number of benzene rings is 2. The van der Waals surface area contributed by atoms with Crippen molar-refractivity contribution in [3.63, 3.8) is 0 Å². The second-order valence-electron chi connectivity index (χ2n) is 8.76. The summed E-state index contributed by atoms with van der Waals surface area (Å²) in [5.41, 5.74) is 3.88. The van der Waals surface area contributed by atoms with Crippen LogP contribution in [0.25, 0.3) is 0 Å². The van der Waals surface area contributed by atoms with Crippen LogP contribution in [0.5, 0.6) is 0 Å². The van der Waals surface area contributed by atoms with Gasteiger partial charge >= 0.3 is 0 Å². The molecule has 0 saturated heterocycles. The molecule has 0 bridgehead atoms. The van der Waals surface area contributed by atoms with Gasteiger partial charge in [-0.25, -0.2) is 8.42 Å². The second-order valence-corrected chi connectivity index (χ2v) is 11.0. The highest BCUT2D eigenvalue weighted by atomic mass is 32.2. The van der Waals surface area contributed by atoms with Gasteiger partial charge in [0.1, 0.15) is 0 Å². The molecule has 1 aliphatic carbocycles. The van der Waals surface area contributed by atoms with Gasteiger partial charge in [-0.3, -0.25) is 4.79 Å². The molecule has 0 atom stereocenters. The van der Waals surface area contributed by atoms with E-state index in [2.05, 4.69) is 5.32 Å². The van der Waals surface area contributed by atoms with E-state index in [1.807, 2.05) is 58.0 Å². The lowest BCUT2D eigenvalue weighted by molar-refractivity contribution is -0.123. The molecule has 1 fully saturated rings.